The van der Waals surface area contributed by atoms with E-state index in [-0.39, 0.29) is 0 Å². The summed E-state index contributed by atoms with van der Waals surface area (Å²) in [7, 11) is 0. The van der Waals surface area contributed by atoms with Crippen LogP contribution in [0.5, 0.6) is 0 Å². The summed E-state index contributed by atoms with van der Waals surface area (Å²) in [5.41, 5.74) is 9.02. The van der Waals surface area contributed by atoms with Crippen molar-refractivity contribution < 1.29 is 0 Å². The van der Waals surface area contributed by atoms with Gasteiger partial charge in [0, 0.05) is 42.5 Å². The van der Waals surface area contributed by atoms with E-state index in [9.17, 15) is 0 Å². The molecular formula is C11H14N6. The average molecular weight is 230 g/mol. The second-order valence-electron chi connectivity index (χ2n) is 4.27. The Kier molecular flexibility index (Phi) is 2.21. The van der Waals surface area contributed by atoms with E-state index in [0.29, 0.717) is 5.95 Å². The van der Waals surface area contributed by atoms with Crippen LogP contribution in [0.4, 0.5) is 11.8 Å². The highest BCUT2D eigenvalue weighted by Gasteiger charge is 2.19. The summed E-state index contributed by atoms with van der Waals surface area (Å²) in [5, 5.41) is 7.08. The molecular weight excluding hydrogens is 216 g/mol. The molecule has 88 valence electrons. The Morgan fingerprint density at radius 1 is 1.41 bits per heavy atom. The Balaban J connectivity index is 1.91. The Morgan fingerprint density at radius 3 is 3.12 bits per heavy atom. The standard InChI is InChI=1S/C11H14N6/c1-7-4-10(15-11(12)14-7)17-3-2-9-8(6-17)5-13-16-9/h4-5H,2-3,6H2,1H3,(H,13,16)(H2,12,14,15). The van der Waals surface area contributed by atoms with Crippen LogP contribution in [-0.2, 0) is 13.0 Å². The number of hydrogen-bond donors (Lipinski definition) is 2. The molecule has 0 fully saturated rings. The van der Waals surface area contributed by atoms with Crippen LogP contribution in [0.3, 0.4) is 0 Å². The lowest BCUT2D eigenvalue weighted by molar-refractivity contribution is 0.709. The number of aromatic amines is 1. The monoisotopic (exact) mass is 230 g/mol. The van der Waals surface area contributed by atoms with Gasteiger partial charge < -0.3 is 10.6 Å². The average Bonchev–Trinajstić information content (AvgIpc) is 2.74. The van der Waals surface area contributed by atoms with Crippen molar-refractivity contribution in [3.05, 3.63) is 29.2 Å². The number of H-pyrrole nitrogens is 1. The van der Waals surface area contributed by atoms with Crippen LogP contribution in [0.15, 0.2) is 12.3 Å². The quantitative estimate of drug-likeness (QED) is 0.751. The normalized spacial score (nSPS) is 14.8. The lowest BCUT2D eigenvalue weighted by Gasteiger charge is -2.27. The molecule has 2 aromatic heterocycles. The fourth-order valence-electron chi connectivity index (χ4n) is 2.15. The van der Waals surface area contributed by atoms with Gasteiger partial charge in [0.2, 0.25) is 5.95 Å². The molecule has 6 nitrogen and oxygen atoms in total. The highest BCUT2D eigenvalue weighted by Crippen LogP contribution is 2.22. The Bertz CT molecular complexity index is 526. The molecule has 0 saturated heterocycles. The maximum atomic E-state index is 5.67. The first-order chi connectivity index (χ1) is 8.22. The molecule has 3 rings (SSSR count). The number of nitrogens with one attached hydrogen (secondary N) is 1. The zero-order valence-electron chi connectivity index (χ0n) is 9.64. The third kappa shape index (κ3) is 1.82. The van der Waals surface area contributed by atoms with E-state index >= 15 is 0 Å². The van der Waals surface area contributed by atoms with Crippen molar-refractivity contribution in [1.29, 1.82) is 0 Å². The number of rotatable bonds is 1. The molecule has 6 heteroatoms. The minimum Gasteiger partial charge on any atom is -0.368 e. The predicted octanol–water partition coefficient (Wildman–Crippen LogP) is 0.653. The van der Waals surface area contributed by atoms with E-state index in [1.807, 2.05) is 19.2 Å². The van der Waals surface area contributed by atoms with Gasteiger partial charge in [-0.15, -0.1) is 0 Å². The molecule has 2 aromatic rings. The lowest BCUT2D eigenvalue weighted by atomic mass is 10.1. The molecule has 0 bridgehead atoms. The van der Waals surface area contributed by atoms with Gasteiger partial charge in [-0.25, -0.2) is 4.98 Å². The molecule has 0 amide bonds. The number of nitrogens with zero attached hydrogens (tertiary/aromatic N) is 4. The number of aromatic nitrogens is 4. The first-order valence-corrected chi connectivity index (χ1v) is 5.59. The molecule has 0 spiro atoms. The van der Waals surface area contributed by atoms with E-state index in [2.05, 4.69) is 25.1 Å². The number of hydrogen-bond acceptors (Lipinski definition) is 5. The van der Waals surface area contributed by atoms with Crippen molar-refractivity contribution in [2.45, 2.75) is 19.9 Å². The van der Waals surface area contributed by atoms with Crippen molar-refractivity contribution in [2.75, 3.05) is 17.2 Å². The number of aryl methyl sites for hydroxylation is 1. The summed E-state index contributed by atoms with van der Waals surface area (Å²) < 4.78 is 0. The SMILES string of the molecule is Cc1cc(N2CCc3[nH]ncc3C2)nc(N)n1. The first-order valence-electron chi connectivity index (χ1n) is 5.59. The molecule has 0 saturated carbocycles. The van der Waals surface area contributed by atoms with E-state index in [4.69, 9.17) is 5.73 Å². The predicted molar refractivity (Wildman–Crippen MR) is 64.5 cm³/mol. The van der Waals surface area contributed by atoms with Crippen molar-refractivity contribution >= 4 is 11.8 Å². The zero-order chi connectivity index (χ0) is 11.8. The molecule has 0 radical (unpaired) electrons. The summed E-state index contributed by atoms with van der Waals surface area (Å²) in [5.74, 6) is 1.22. The maximum absolute atomic E-state index is 5.67. The minimum atomic E-state index is 0.331. The van der Waals surface area contributed by atoms with Crippen LogP contribution in [0.1, 0.15) is 17.0 Å². The maximum Gasteiger partial charge on any atom is 0.222 e. The summed E-state index contributed by atoms with van der Waals surface area (Å²) in [6.45, 7) is 3.67. The van der Waals surface area contributed by atoms with Crippen LogP contribution >= 0.6 is 0 Å². The lowest BCUT2D eigenvalue weighted by Crippen LogP contribution is -2.31. The van der Waals surface area contributed by atoms with Crippen molar-refractivity contribution in [3.63, 3.8) is 0 Å². The molecule has 0 atom stereocenters. The van der Waals surface area contributed by atoms with Gasteiger partial charge in [0.25, 0.3) is 0 Å². The molecule has 1 aliphatic rings. The Hall–Kier alpha value is -2.11. The molecule has 0 aromatic carbocycles. The fraction of sp³-hybridized carbons (Fsp3) is 0.364. The largest absolute Gasteiger partial charge is 0.368 e. The van der Waals surface area contributed by atoms with Gasteiger partial charge in [-0.2, -0.15) is 10.1 Å². The fourth-order valence-corrected chi connectivity index (χ4v) is 2.15. The van der Waals surface area contributed by atoms with Crippen LogP contribution in [-0.4, -0.2) is 26.7 Å². The van der Waals surface area contributed by atoms with Gasteiger partial charge >= 0.3 is 0 Å². The Morgan fingerprint density at radius 2 is 2.29 bits per heavy atom. The second-order valence-corrected chi connectivity index (χ2v) is 4.27. The highest BCUT2D eigenvalue weighted by atomic mass is 15.2. The van der Waals surface area contributed by atoms with Crippen LogP contribution in [0.2, 0.25) is 0 Å². The van der Waals surface area contributed by atoms with E-state index in [1.165, 1.54) is 11.3 Å². The molecule has 1 aliphatic heterocycles. The summed E-state index contributed by atoms with van der Waals surface area (Å²) in [6.07, 6.45) is 2.83. The molecule has 3 heterocycles. The first kappa shape index (κ1) is 10.1. The van der Waals surface area contributed by atoms with E-state index in [1.54, 1.807) is 0 Å². The van der Waals surface area contributed by atoms with Crippen LogP contribution in [0.25, 0.3) is 0 Å². The molecule has 0 aliphatic carbocycles. The number of anilines is 2. The van der Waals surface area contributed by atoms with Gasteiger partial charge in [0.15, 0.2) is 0 Å². The van der Waals surface area contributed by atoms with Crippen molar-refractivity contribution in [1.82, 2.24) is 20.2 Å². The minimum absolute atomic E-state index is 0.331. The summed E-state index contributed by atoms with van der Waals surface area (Å²) >= 11 is 0. The van der Waals surface area contributed by atoms with Gasteiger partial charge in [0.05, 0.1) is 6.20 Å². The van der Waals surface area contributed by atoms with Crippen molar-refractivity contribution in [3.8, 4) is 0 Å². The van der Waals surface area contributed by atoms with Crippen LogP contribution in [0, 0.1) is 6.92 Å². The smallest absolute Gasteiger partial charge is 0.222 e. The highest BCUT2D eigenvalue weighted by molar-refractivity contribution is 5.45. The summed E-state index contributed by atoms with van der Waals surface area (Å²) in [6, 6.07) is 1.96. The third-order valence-electron chi connectivity index (χ3n) is 2.98. The molecule has 0 unspecified atom stereocenters. The molecule has 17 heavy (non-hydrogen) atoms. The summed E-state index contributed by atoms with van der Waals surface area (Å²) in [4.78, 5) is 10.6. The number of nitrogens with two attached hydrogens (primary N) is 1. The Labute approximate surface area is 98.9 Å². The number of nitrogen functional groups attached to an aromatic ring is 1. The van der Waals surface area contributed by atoms with Crippen molar-refractivity contribution in [2.24, 2.45) is 0 Å². The van der Waals surface area contributed by atoms with Gasteiger partial charge in [-0.3, -0.25) is 5.10 Å². The molecule has 3 N–H and O–H groups in total. The second kappa shape index (κ2) is 3.73. The van der Waals surface area contributed by atoms with Gasteiger partial charge in [0.1, 0.15) is 5.82 Å². The number of fused-ring (bicyclic) bond motifs is 1. The van der Waals surface area contributed by atoms with Gasteiger partial charge in [-0.05, 0) is 6.92 Å². The van der Waals surface area contributed by atoms with Gasteiger partial charge in [-0.1, -0.05) is 0 Å². The third-order valence-corrected chi connectivity index (χ3v) is 2.98. The van der Waals surface area contributed by atoms with E-state index in [0.717, 1.165) is 31.0 Å². The topological polar surface area (TPSA) is 83.7 Å². The zero-order valence-corrected chi connectivity index (χ0v) is 9.64. The van der Waals surface area contributed by atoms with Crippen LogP contribution < -0.4 is 10.6 Å². The van der Waals surface area contributed by atoms with E-state index < -0.39 is 0 Å².